The highest BCUT2D eigenvalue weighted by Gasteiger charge is 2.20. The van der Waals surface area contributed by atoms with Gasteiger partial charge < -0.3 is 9.84 Å². The van der Waals surface area contributed by atoms with Crippen LogP contribution < -0.4 is 5.32 Å². The molecule has 2 heterocycles. The fourth-order valence-electron chi connectivity index (χ4n) is 2.65. The molecule has 0 aliphatic heterocycles. The zero-order valence-corrected chi connectivity index (χ0v) is 16.0. The van der Waals surface area contributed by atoms with Crippen LogP contribution in [0.15, 0.2) is 35.0 Å². The van der Waals surface area contributed by atoms with Gasteiger partial charge in [-0.2, -0.15) is 4.98 Å². The first-order valence-corrected chi connectivity index (χ1v) is 8.63. The van der Waals surface area contributed by atoms with Gasteiger partial charge in [0.1, 0.15) is 5.82 Å². The molecule has 146 valence electrons. The summed E-state index contributed by atoms with van der Waals surface area (Å²) in [6, 6.07) is 4.90. The van der Waals surface area contributed by atoms with Crippen LogP contribution in [0.4, 0.5) is 9.18 Å². The number of pyridine rings is 1. The third kappa shape index (κ3) is 3.95. The van der Waals surface area contributed by atoms with E-state index in [4.69, 9.17) is 21.3 Å². The number of benzene rings is 1. The van der Waals surface area contributed by atoms with Crippen LogP contribution in [-0.4, -0.2) is 38.5 Å². The maximum absolute atomic E-state index is 14.7. The molecule has 2 amide bonds. The van der Waals surface area contributed by atoms with Gasteiger partial charge in [0, 0.05) is 31.3 Å². The summed E-state index contributed by atoms with van der Waals surface area (Å²) < 4.78 is 19.7. The number of nitrogens with one attached hydrogen (secondary N) is 1. The Morgan fingerprint density at radius 2 is 2.18 bits per heavy atom. The number of carbonyl (C=O) groups is 1. The van der Waals surface area contributed by atoms with Crippen LogP contribution in [0.25, 0.3) is 22.5 Å². The fourth-order valence-corrected chi connectivity index (χ4v) is 2.91. The zero-order valence-electron chi connectivity index (χ0n) is 15.3. The van der Waals surface area contributed by atoms with Gasteiger partial charge in [-0.25, -0.2) is 14.2 Å². The fraction of sp³-hybridized carbons (Fsp3) is 0.222. The molecule has 0 spiro atoms. The molecule has 3 aromatic rings. The van der Waals surface area contributed by atoms with Gasteiger partial charge in [0.15, 0.2) is 0 Å². The van der Waals surface area contributed by atoms with Crippen LogP contribution in [0.3, 0.4) is 0 Å². The lowest BCUT2D eigenvalue weighted by Gasteiger charge is -2.17. The Morgan fingerprint density at radius 3 is 2.79 bits per heavy atom. The molecule has 0 unspecified atom stereocenters. The third-order valence-electron chi connectivity index (χ3n) is 3.99. The predicted octanol–water partition coefficient (Wildman–Crippen LogP) is 3.99. The molecule has 0 saturated heterocycles. The van der Waals surface area contributed by atoms with E-state index < -0.39 is 17.9 Å². The normalized spacial score (nSPS) is 11.9. The number of carbonyl (C=O) groups excluding carboxylic acids is 1. The van der Waals surface area contributed by atoms with E-state index in [9.17, 15) is 9.18 Å². The molecule has 2 aromatic heterocycles. The van der Waals surface area contributed by atoms with Crippen molar-refractivity contribution in [2.24, 2.45) is 0 Å². The maximum Gasteiger partial charge on any atom is 0.341 e. The third-order valence-corrected chi connectivity index (χ3v) is 4.30. The second-order valence-electron chi connectivity index (χ2n) is 6.09. The Morgan fingerprint density at radius 1 is 1.43 bits per heavy atom. The number of urea groups is 1. The summed E-state index contributed by atoms with van der Waals surface area (Å²) in [5.74, 6) is 0.0363. The van der Waals surface area contributed by atoms with Crippen molar-refractivity contribution in [2.45, 2.75) is 19.9 Å². The van der Waals surface area contributed by atoms with E-state index in [1.807, 2.05) is 0 Å². The Bertz CT molecular complexity index is 1020. The van der Waals surface area contributed by atoms with Crippen LogP contribution in [-0.2, 0) is 0 Å². The van der Waals surface area contributed by atoms with E-state index in [2.05, 4.69) is 20.4 Å². The number of nitrogens with zero attached hydrogens (tertiary/aromatic N) is 4. The number of hydrogen-bond donors (Lipinski definition) is 2. The molecule has 3 rings (SSSR count). The number of hydrogen-bond acceptors (Lipinski definition) is 6. The van der Waals surface area contributed by atoms with Gasteiger partial charge in [-0.15, -0.1) is 0 Å². The second-order valence-corrected chi connectivity index (χ2v) is 6.49. The molecule has 0 aliphatic carbocycles. The topological polar surface area (TPSA) is 104 Å². The summed E-state index contributed by atoms with van der Waals surface area (Å²) in [5.41, 5.74) is 1.56. The van der Waals surface area contributed by atoms with E-state index in [1.54, 1.807) is 32.0 Å². The number of rotatable bonds is 4. The van der Waals surface area contributed by atoms with Crippen molar-refractivity contribution in [1.82, 2.24) is 25.5 Å². The lowest BCUT2D eigenvalue weighted by molar-refractivity contribution is -0.0193. The standard InChI is InChI=1S/C18H17ClFN5O3/c1-9(22-18(26)25(3)27)16-14(20)7-11(8-21-16)12-5-4-6-13(19)15(12)17-23-10(2)28-24-17/h4-9,27H,1-3H3,(H,22,26)/t9-/m1/s1. The van der Waals surface area contributed by atoms with Gasteiger partial charge in [-0.3, -0.25) is 10.2 Å². The minimum absolute atomic E-state index is 0.0259. The van der Waals surface area contributed by atoms with Crippen LogP contribution >= 0.6 is 11.6 Å². The molecule has 0 radical (unpaired) electrons. The van der Waals surface area contributed by atoms with Gasteiger partial charge >= 0.3 is 6.03 Å². The summed E-state index contributed by atoms with van der Waals surface area (Å²) in [7, 11) is 1.16. The van der Waals surface area contributed by atoms with Crippen molar-refractivity contribution in [3.63, 3.8) is 0 Å². The Kier molecular flexibility index (Phi) is 5.57. The number of aromatic nitrogens is 3. The van der Waals surface area contributed by atoms with Crippen molar-refractivity contribution in [3.05, 3.63) is 52.9 Å². The molecule has 2 N–H and O–H groups in total. The zero-order chi connectivity index (χ0) is 20.4. The molecule has 1 atom stereocenters. The lowest BCUT2D eigenvalue weighted by atomic mass is 9.99. The predicted molar refractivity (Wildman–Crippen MR) is 99.2 cm³/mol. The van der Waals surface area contributed by atoms with Gasteiger partial charge in [0.05, 0.1) is 16.8 Å². The second kappa shape index (κ2) is 7.91. The SMILES string of the molecule is Cc1nc(-c2c(Cl)cccc2-c2cnc([C@@H](C)NC(=O)N(C)O)c(F)c2)no1. The molecule has 8 nitrogen and oxygen atoms in total. The number of aryl methyl sites for hydroxylation is 1. The number of halogens is 2. The monoisotopic (exact) mass is 405 g/mol. The highest BCUT2D eigenvalue weighted by atomic mass is 35.5. The van der Waals surface area contributed by atoms with E-state index in [1.165, 1.54) is 12.3 Å². The van der Waals surface area contributed by atoms with Gasteiger partial charge in [-0.1, -0.05) is 28.9 Å². The minimum atomic E-state index is -0.776. The van der Waals surface area contributed by atoms with Crippen molar-refractivity contribution in [2.75, 3.05) is 7.05 Å². The summed E-state index contributed by atoms with van der Waals surface area (Å²) in [4.78, 5) is 19.9. The van der Waals surface area contributed by atoms with E-state index >= 15 is 0 Å². The van der Waals surface area contributed by atoms with E-state index in [-0.39, 0.29) is 11.5 Å². The highest BCUT2D eigenvalue weighted by Crippen LogP contribution is 2.36. The van der Waals surface area contributed by atoms with Crippen LogP contribution in [0.1, 0.15) is 24.6 Å². The van der Waals surface area contributed by atoms with Crippen molar-refractivity contribution < 1.29 is 18.9 Å². The first-order chi connectivity index (χ1) is 13.3. The molecular formula is C18H17ClFN5O3. The Hall–Kier alpha value is -3.04. The summed E-state index contributed by atoms with van der Waals surface area (Å²) in [5, 5.41) is 16.2. The molecule has 0 saturated carbocycles. The molecule has 0 aliphatic rings. The molecule has 28 heavy (non-hydrogen) atoms. The van der Waals surface area contributed by atoms with E-state index in [0.29, 0.717) is 32.7 Å². The van der Waals surface area contributed by atoms with Gasteiger partial charge in [-0.05, 0) is 24.6 Å². The average molecular weight is 406 g/mol. The molecule has 10 heteroatoms. The number of hydroxylamine groups is 2. The quantitative estimate of drug-likeness (QED) is 0.502. The largest absolute Gasteiger partial charge is 0.341 e. The molecule has 1 aromatic carbocycles. The van der Waals surface area contributed by atoms with Crippen LogP contribution in [0, 0.1) is 12.7 Å². The first-order valence-electron chi connectivity index (χ1n) is 8.26. The molecule has 0 fully saturated rings. The smallest absolute Gasteiger partial charge is 0.339 e. The van der Waals surface area contributed by atoms with Gasteiger partial charge in [0.25, 0.3) is 0 Å². The molecule has 0 bridgehead atoms. The average Bonchev–Trinajstić information content (AvgIpc) is 3.07. The minimum Gasteiger partial charge on any atom is -0.339 e. The maximum atomic E-state index is 14.7. The van der Waals surface area contributed by atoms with Crippen LogP contribution in [0.5, 0.6) is 0 Å². The lowest BCUT2D eigenvalue weighted by Crippen LogP contribution is -2.37. The first kappa shape index (κ1) is 19.7. The summed E-state index contributed by atoms with van der Waals surface area (Å²) >= 11 is 6.32. The highest BCUT2D eigenvalue weighted by molar-refractivity contribution is 6.33. The van der Waals surface area contributed by atoms with Crippen molar-refractivity contribution in [3.8, 4) is 22.5 Å². The Labute approximate surface area is 164 Å². The Balaban J connectivity index is 1.99. The number of amides is 2. The summed E-state index contributed by atoms with van der Waals surface area (Å²) in [6.07, 6.45) is 1.46. The van der Waals surface area contributed by atoms with Crippen molar-refractivity contribution in [1.29, 1.82) is 0 Å². The van der Waals surface area contributed by atoms with E-state index in [0.717, 1.165) is 7.05 Å². The summed E-state index contributed by atoms with van der Waals surface area (Å²) in [6.45, 7) is 3.21. The van der Waals surface area contributed by atoms with Crippen molar-refractivity contribution >= 4 is 17.6 Å². The van der Waals surface area contributed by atoms with Gasteiger partial charge in [0.2, 0.25) is 11.7 Å². The molecular weight excluding hydrogens is 389 g/mol. The van der Waals surface area contributed by atoms with Crippen LogP contribution in [0.2, 0.25) is 5.02 Å².